The van der Waals surface area contributed by atoms with Gasteiger partial charge in [0.05, 0.1) is 9.90 Å². The van der Waals surface area contributed by atoms with E-state index in [9.17, 15) is 9.59 Å². The van der Waals surface area contributed by atoms with Gasteiger partial charge < -0.3 is 10.4 Å². The van der Waals surface area contributed by atoms with E-state index in [1.54, 1.807) is 6.92 Å². The van der Waals surface area contributed by atoms with Crippen LogP contribution < -0.4 is 5.32 Å². The lowest BCUT2D eigenvalue weighted by atomic mass is 9.76. The number of rotatable bonds is 3. The summed E-state index contributed by atoms with van der Waals surface area (Å²) in [5.41, 5.74) is -0.532. The van der Waals surface area contributed by atoms with Crippen molar-refractivity contribution in [2.75, 3.05) is 0 Å². The first-order valence-corrected chi connectivity index (χ1v) is 6.95. The van der Waals surface area contributed by atoms with Crippen LogP contribution in [0.3, 0.4) is 0 Å². The number of carbonyl (C=O) groups excluding carboxylic acids is 1. The number of amides is 1. The minimum absolute atomic E-state index is 0.345. The lowest BCUT2D eigenvalue weighted by Gasteiger charge is -2.38. The van der Waals surface area contributed by atoms with Crippen molar-refractivity contribution in [1.29, 1.82) is 0 Å². The first kappa shape index (κ1) is 13.6. The number of hydrogen-bond acceptors (Lipinski definition) is 3. The van der Waals surface area contributed by atoms with Gasteiger partial charge in [-0.25, -0.2) is 4.79 Å². The maximum atomic E-state index is 12.1. The summed E-state index contributed by atoms with van der Waals surface area (Å²) in [6.07, 6.45) is 1.72. The molecule has 1 amide bonds. The van der Waals surface area contributed by atoms with Crippen molar-refractivity contribution in [3.63, 3.8) is 0 Å². The predicted octanol–water partition coefficient (Wildman–Crippen LogP) is 3.10. The normalized spacial score (nSPS) is 17.1. The molecule has 0 aromatic carbocycles. The lowest BCUT2D eigenvalue weighted by Crippen LogP contribution is -2.59. The summed E-state index contributed by atoms with van der Waals surface area (Å²) in [6.45, 7) is 1.69. The zero-order valence-corrected chi connectivity index (χ0v) is 11.9. The average Bonchev–Trinajstić information content (AvgIpc) is 2.50. The van der Waals surface area contributed by atoms with E-state index in [1.807, 2.05) is 0 Å². The third-order valence-corrected chi connectivity index (χ3v) is 5.39. The second-order valence-corrected chi connectivity index (χ2v) is 6.34. The second kappa shape index (κ2) is 4.72. The van der Waals surface area contributed by atoms with E-state index in [0.717, 1.165) is 17.8 Å². The van der Waals surface area contributed by atoms with Crippen molar-refractivity contribution >= 4 is 46.4 Å². The van der Waals surface area contributed by atoms with Gasteiger partial charge in [-0.05, 0) is 31.7 Å². The second-order valence-electron chi connectivity index (χ2n) is 4.34. The fourth-order valence-corrected chi connectivity index (χ4v) is 3.33. The van der Waals surface area contributed by atoms with E-state index in [-0.39, 0.29) is 0 Å². The van der Waals surface area contributed by atoms with Crippen LogP contribution in [-0.2, 0) is 4.79 Å². The summed E-state index contributed by atoms with van der Waals surface area (Å²) in [5.74, 6) is -1.41. The number of carbonyl (C=O) groups is 2. The smallest absolute Gasteiger partial charge is 0.329 e. The fourth-order valence-electron chi connectivity index (χ4n) is 1.87. The first-order chi connectivity index (χ1) is 8.37. The zero-order chi connectivity index (χ0) is 13.5. The Morgan fingerprint density at radius 2 is 2.00 bits per heavy atom. The fraction of sp³-hybridized carbons (Fsp3) is 0.455. The Kier molecular flexibility index (Phi) is 3.58. The molecule has 1 aliphatic rings. The SMILES string of the molecule is Cc1c(C(=O)NC2(C(=O)O)CCC2)sc(Cl)c1Cl. The summed E-state index contributed by atoms with van der Waals surface area (Å²) >= 11 is 12.8. The molecule has 1 aliphatic carbocycles. The molecule has 18 heavy (non-hydrogen) atoms. The van der Waals surface area contributed by atoms with E-state index >= 15 is 0 Å². The van der Waals surface area contributed by atoms with Gasteiger partial charge in [0, 0.05) is 0 Å². The summed E-state index contributed by atoms with van der Waals surface area (Å²) in [7, 11) is 0. The van der Waals surface area contributed by atoms with Crippen LogP contribution in [-0.4, -0.2) is 22.5 Å². The number of thiophene rings is 1. The molecular formula is C11H11Cl2NO3S. The highest BCUT2D eigenvalue weighted by Crippen LogP contribution is 2.38. The maximum Gasteiger partial charge on any atom is 0.329 e. The summed E-state index contributed by atoms with van der Waals surface area (Å²) in [6, 6.07) is 0. The van der Waals surface area contributed by atoms with Gasteiger partial charge in [0.1, 0.15) is 9.88 Å². The van der Waals surface area contributed by atoms with E-state index in [2.05, 4.69) is 5.32 Å². The Morgan fingerprint density at radius 3 is 2.33 bits per heavy atom. The molecule has 0 atom stereocenters. The van der Waals surface area contributed by atoms with Gasteiger partial charge in [-0.15, -0.1) is 11.3 Å². The zero-order valence-electron chi connectivity index (χ0n) is 9.55. The Balaban J connectivity index is 2.22. The number of carboxylic acids is 1. The van der Waals surface area contributed by atoms with Crippen molar-refractivity contribution < 1.29 is 14.7 Å². The molecule has 2 rings (SSSR count). The van der Waals surface area contributed by atoms with Gasteiger partial charge in [0.25, 0.3) is 5.91 Å². The van der Waals surface area contributed by atoms with Crippen molar-refractivity contribution in [3.05, 3.63) is 19.8 Å². The van der Waals surface area contributed by atoms with Gasteiger partial charge in [-0.3, -0.25) is 4.79 Å². The highest BCUT2D eigenvalue weighted by atomic mass is 35.5. The van der Waals surface area contributed by atoms with Gasteiger partial charge in [0.15, 0.2) is 0 Å². The van der Waals surface area contributed by atoms with Crippen molar-refractivity contribution in [1.82, 2.24) is 5.32 Å². The number of halogens is 2. The van der Waals surface area contributed by atoms with E-state index < -0.39 is 17.4 Å². The van der Waals surface area contributed by atoms with E-state index in [4.69, 9.17) is 28.3 Å². The van der Waals surface area contributed by atoms with Crippen LogP contribution in [0.15, 0.2) is 0 Å². The minimum Gasteiger partial charge on any atom is -0.480 e. The van der Waals surface area contributed by atoms with E-state index in [0.29, 0.717) is 32.6 Å². The highest BCUT2D eigenvalue weighted by molar-refractivity contribution is 7.19. The number of hydrogen-bond donors (Lipinski definition) is 2. The average molecular weight is 308 g/mol. The molecule has 4 nitrogen and oxygen atoms in total. The van der Waals surface area contributed by atoms with Crippen molar-refractivity contribution in [3.8, 4) is 0 Å². The molecule has 1 heterocycles. The molecule has 0 spiro atoms. The van der Waals surface area contributed by atoms with Gasteiger partial charge in [-0.1, -0.05) is 23.2 Å². The third kappa shape index (κ3) is 2.11. The van der Waals surface area contributed by atoms with Gasteiger partial charge in [-0.2, -0.15) is 0 Å². The topological polar surface area (TPSA) is 66.4 Å². The molecule has 1 aromatic heterocycles. The third-order valence-electron chi connectivity index (χ3n) is 3.21. The summed E-state index contributed by atoms with van der Waals surface area (Å²) in [5, 5.41) is 12.1. The van der Waals surface area contributed by atoms with Crippen LogP contribution in [0, 0.1) is 6.92 Å². The van der Waals surface area contributed by atoms with Gasteiger partial charge in [0.2, 0.25) is 0 Å². The molecule has 98 valence electrons. The number of aliphatic carboxylic acids is 1. The maximum absolute atomic E-state index is 12.1. The van der Waals surface area contributed by atoms with Crippen LogP contribution >= 0.6 is 34.5 Å². The summed E-state index contributed by atoms with van der Waals surface area (Å²) < 4.78 is 0.345. The molecule has 0 radical (unpaired) electrons. The molecule has 0 bridgehead atoms. The molecule has 1 aromatic rings. The quantitative estimate of drug-likeness (QED) is 0.901. The molecule has 1 saturated carbocycles. The largest absolute Gasteiger partial charge is 0.480 e. The molecule has 2 N–H and O–H groups in total. The monoisotopic (exact) mass is 307 g/mol. The molecule has 1 fully saturated rings. The van der Waals surface area contributed by atoms with Gasteiger partial charge >= 0.3 is 5.97 Å². The Labute approximate surface area is 118 Å². The van der Waals surface area contributed by atoms with E-state index in [1.165, 1.54) is 0 Å². The van der Waals surface area contributed by atoms with Crippen molar-refractivity contribution in [2.45, 2.75) is 31.7 Å². The Hall–Kier alpha value is -0.780. The minimum atomic E-state index is -1.12. The van der Waals surface area contributed by atoms with Crippen molar-refractivity contribution in [2.24, 2.45) is 0 Å². The molecule has 7 heteroatoms. The number of carboxylic acid groups (broad SMARTS) is 1. The van der Waals surface area contributed by atoms with Crippen LogP contribution in [0.2, 0.25) is 9.36 Å². The first-order valence-electron chi connectivity index (χ1n) is 5.38. The van der Waals surface area contributed by atoms with Crippen LogP contribution in [0.5, 0.6) is 0 Å². The Morgan fingerprint density at radius 1 is 1.39 bits per heavy atom. The predicted molar refractivity (Wildman–Crippen MR) is 70.8 cm³/mol. The number of nitrogens with one attached hydrogen (secondary N) is 1. The Bertz CT molecular complexity index is 523. The molecule has 0 aliphatic heterocycles. The lowest BCUT2D eigenvalue weighted by molar-refractivity contribution is -0.148. The van der Waals surface area contributed by atoms with Crippen LogP contribution in [0.4, 0.5) is 0 Å². The highest BCUT2D eigenvalue weighted by Gasteiger charge is 2.46. The molecule has 0 unspecified atom stereocenters. The molecule has 0 saturated heterocycles. The van der Waals surface area contributed by atoms with Crippen LogP contribution in [0.1, 0.15) is 34.5 Å². The van der Waals surface area contributed by atoms with Crippen LogP contribution in [0.25, 0.3) is 0 Å². The standard InChI is InChI=1S/C11H11Cl2NO3S/c1-5-6(12)8(13)18-7(5)9(15)14-11(10(16)17)3-2-4-11/h2-4H2,1H3,(H,14,15)(H,16,17). The molecular weight excluding hydrogens is 297 g/mol. The summed E-state index contributed by atoms with van der Waals surface area (Å²) in [4.78, 5) is 23.6.